The molecule has 0 atom stereocenters. The van der Waals surface area contributed by atoms with Gasteiger partial charge in [0.1, 0.15) is 5.69 Å². The van der Waals surface area contributed by atoms with E-state index in [4.69, 9.17) is 4.74 Å². The molecular formula is C22H22N4O3. The molecule has 0 aliphatic carbocycles. The van der Waals surface area contributed by atoms with E-state index in [1.807, 2.05) is 54.6 Å². The van der Waals surface area contributed by atoms with Gasteiger partial charge in [-0.1, -0.05) is 30.3 Å². The summed E-state index contributed by atoms with van der Waals surface area (Å²) in [6.07, 6.45) is 0. The van der Waals surface area contributed by atoms with Crippen LogP contribution < -0.4 is 15.8 Å². The summed E-state index contributed by atoms with van der Waals surface area (Å²) in [6.45, 7) is 3.48. The van der Waals surface area contributed by atoms with E-state index in [-0.39, 0.29) is 17.2 Å². The van der Waals surface area contributed by atoms with Gasteiger partial charge in [0.15, 0.2) is 0 Å². The largest absolute Gasteiger partial charge is 0.378 e. The molecule has 0 unspecified atom stereocenters. The van der Waals surface area contributed by atoms with Gasteiger partial charge in [-0.15, -0.1) is 0 Å². The first-order chi connectivity index (χ1) is 14.2. The van der Waals surface area contributed by atoms with Gasteiger partial charge in [-0.2, -0.15) is 5.10 Å². The van der Waals surface area contributed by atoms with Gasteiger partial charge >= 0.3 is 0 Å². The number of hydrogen-bond acceptors (Lipinski definition) is 5. The van der Waals surface area contributed by atoms with Crippen LogP contribution in [-0.4, -0.2) is 42.0 Å². The number of carbonyl (C=O) groups excluding carboxylic acids is 1. The summed E-state index contributed by atoms with van der Waals surface area (Å²) in [5.74, 6) is -0.356. The molecule has 7 nitrogen and oxygen atoms in total. The average Bonchev–Trinajstić information content (AvgIpc) is 2.77. The molecule has 1 aliphatic heterocycles. The minimum Gasteiger partial charge on any atom is -0.378 e. The summed E-state index contributed by atoms with van der Waals surface area (Å²) >= 11 is 0. The number of hydrogen-bond donors (Lipinski definition) is 1. The predicted octanol–water partition coefficient (Wildman–Crippen LogP) is 2.38. The first-order valence-corrected chi connectivity index (χ1v) is 9.55. The van der Waals surface area contributed by atoms with Crippen molar-refractivity contribution in [2.24, 2.45) is 0 Å². The summed E-state index contributed by atoms with van der Waals surface area (Å²) < 4.78 is 6.67. The topological polar surface area (TPSA) is 76.5 Å². The lowest BCUT2D eigenvalue weighted by atomic mass is 10.2. The molecule has 0 spiro atoms. The van der Waals surface area contributed by atoms with Crippen molar-refractivity contribution in [3.63, 3.8) is 0 Å². The molecule has 1 aromatic heterocycles. The van der Waals surface area contributed by atoms with E-state index in [0.717, 1.165) is 37.6 Å². The zero-order valence-corrected chi connectivity index (χ0v) is 16.0. The van der Waals surface area contributed by atoms with Crippen LogP contribution in [0.15, 0.2) is 71.5 Å². The van der Waals surface area contributed by atoms with Crippen molar-refractivity contribution >= 4 is 17.3 Å². The number of carbonyl (C=O) groups is 1. The van der Waals surface area contributed by atoms with Crippen LogP contribution >= 0.6 is 0 Å². The van der Waals surface area contributed by atoms with Crippen molar-refractivity contribution in [2.75, 3.05) is 36.5 Å². The van der Waals surface area contributed by atoms with Crippen molar-refractivity contribution in [3.8, 4) is 0 Å². The van der Waals surface area contributed by atoms with Gasteiger partial charge in [0, 0.05) is 30.5 Å². The van der Waals surface area contributed by atoms with Gasteiger partial charge in [0.25, 0.3) is 11.5 Å². The molecule has 0 radical (unpaired) electrons. The first kappa shape index (κ1) is 18.9. The molecule has 1 N–H and O–H groups in total. The molecule has 0 bridgehead atoms. The third-order valence-electron chi connectivity index (χ3n) is 4.78. The fraction of sp³-hybridized carbons (Fsp3) is 0.227. The second kappa shape index (κ2) is 8.70. The Labute approximate surface area is 168 Å². The standard InChI is InChI=1S/C22H22N4O3/c27-21-11-10-20(24-26(21)16-17-4-2-1-3-5-17)22(28)23-18-6-8-19(9-7-18)25-12-14-29-15-13-25/h1-11H,12-16H2,(H,23,28). The normalized spacial score (nSPS) is 13.9. The predicted molar refractivity (Wildman–Crippen MR) is 111 cm³/mol. The minimum atomic E-state index is -0.356. The van der Waals surface area contributed by atoms with Crippen LogP contribution in [0.5, 0.6) is 0 Å². The second-order valence-electron chi connectivity index (χ2n) is 6.80. The number of morpholine rings is 1. The van der Waals surface area contributed by atoms with Gasteiger partial charge < -0.3 is 15.0 Å². The molecule has 4 rings (SSSR count). The summed E-state index contributed by atoms with van der Waals surface area (Å²) in [5.41, 5.74) is 2.66. The molecule has 2 aromatic carbocycles. The van der Waals surface area contributed by atoms with Crippen molar-refractivity contribution in [1.29, 1.82) is 0 Å². The van der Waals surface area contributed by atoms with E-state index in [2.05, 4.69) is 15.3 Å². The van der Waals surface area contributed by atoms with Crippen LogP contribution in [0.4, 0.5) is 11.4 Å². The van der Waals surface area contributed by atoms with E-state index >= 15 is 0 Å². The highest BCUT2D eigenvalue weighted by Gasteiger charge is 2.13. The highest BCUT2D eigenvalue weighted by atomic mass is 16.5. The maximum absolute atomic E-state index is 12.6. The molecule has 1 amide bonds. The molecule has 29 heavy (non-hydrogen) atoms. The van der Waals surface area contributed by atoms with Crippen molar-refractivity contribution in [3.05, 3.63) is 88.3 Å². The van der Waals surface area contributed by atoms with Gasteiger partial charge in [-0.3, -0.25) is 9.59 Å². The number of aromatic nitrogens is 2. The summed E-state index contributed by atoms with van der Waals surface area (Å²) in [7, 11) is 0. The fourth-order valence-electron chi connectivity index (χ4n) is 3.21. The summed E-state index contributed by atoms with van der Waals surface area (Å²) in [4.78, 5) is 26.9. The molecule has 7 heteroatoms. The SMILES string of the molecule is O=C(Nc1ccc(N2CCOCC2)cc1)c1ccc(=O)n(Cc2ccccc2)n1. The molecule has 148 valence electrons. The zero-order valence-electron chi connectivity index (χ0n) is 16.0. The molecule has 1 aliphatic rings. The Morgan fingerprint density at radius 1 is 0.966 bits per heavy atom. The maximum Gasteiger partial charge on any atom is 0.276 e. The Hall–Kier alpha value is -3.45. The molecule has 1 fully saturated rings. The summed E-state index contributed by atoms with van der Waals surface area (Å²) in [6, 6.07) is 20.0. The van der Waals surface area contributed by atoms with Crippen LogP contribution in [0.3, 0.4) is 0 Å². The molecule has 0 saturated carbocycles. The zero-order chi connectivity index (χ0) is 20.1. The Bertz CT molecular complexity index is 1030. The Morgan fingerprint density at radius 3 is 2.41 bits per heavy atom. The number of benzene rings is 2. The lowest BCUT2D eigenvalue weighted by Gasteiger charge is -2.28. The molecule has 1 saturated heterocycles. The maximum atomic E-state index is 12.6. The minimum absolute atomic E-state index is 0.192. The fourth-order valence-corrected chi connectivity index (χ4v) is 3.21. The van der Waals surface area contributed by atoms with Crippen molar-refractivity contribution < 1.29 is 9.53 Å². The lowest BCUT2D eigenvalue weighted by Crippen LogP contribution is -2.36. The number of nitrogens with one attached hydrogen (secondary N) is 1. The quantitative estimate of drug-likeness (QED) is 0.724. The Morgan fingerprint density at radius 2 is 1.69 bits per heavy atom. The number of amides is 1. The Kier molecular flexibility index (Phi) is 5.67. The Balaban J connectivity index is 1.45. The number of nitrogens with zero attached hydrogens (tertiary/aromatic N) is 3. The third kappa shape index (κ3) is 4.70. The van der Waals surface area contributed by atoms with Crippen molar-refractivity contribution in [2.45, 2.75) is 6.54 Å². The van der Waals surface area contributed by atoms with Crippen LogP contribution in [0.25, 0.3) is 0 Å². The van der Waals surface area contributed by atoms with E-state index < -0.39 is 0 Å². The third-order valence-corrected chi connectivity index (χ3v) is 4.78. The lowest BCUT2D eigenvalue weighted by molar-refractivity contribution is 0.102. The van der Waals surface area contributed by atoms with E-state index in [1.54, 1.807) is 0 Å². The number of anilines is 2. The monoisotopic (exact) mass is 390 g/mol. The van der Waals surface area contributed by atoms with E-state index in [9.17, 15) is 9.59 Å². The van der Waals surface area contributed by atoms with Crippen LogP contribution in [0.2, 0.25) is 0 Å². The number of rotatable bonds is 5. The van der Waals surface area contributed by atoms with E-state index in [0.29, 0.717) is 12.2 Å². The second-order valence-corrected chi connectivity index (χ2v) is 6.80. The van der Waals surface area contributed by atoms with E-state index in [1.165, 1.54) is 16.8 Å². The van der Waals surface area contributed by atoms with Crippen molar-refractivity contribution in [1.82, 2.24) is 9.78 Å². The molecule has 2 heterocycles. The van der Waals surface area contributed by atoms with Gasteiger partial charge in [0.2, 0.25) is 0 Å². The highest BCUT2D eigenvalue weighted by Crippen LogP contribution is 2.19. The van der Waals surface area contributed by atoms with Gasteiger partial charge in [-0.05, 0) is 35.9 Å². The molecule has 3 aromatic rings. The average molecular weight is 390 g/mol. The van der Waals surface area contributed by atoms with Crippen LogP contribution in [-0.2, 0) is 11.3 Å². The van der Waals surface area contributed by atoms with Gasteiger partial charge in [-0.25, -0.2) is 4.68 Å². The summed E-state index contributed by atoms with van der Waals surface area (Å²) in [5, 5.41) is 7.06. The smallest absolute Gasteiger partial charge is 0.276 e. The molecular weight excluding hydrogens is 368 g/mol. The number of ether oxygens (including phenoxy) is 1. The van der Waals surface area contributed by atoms with Crippen LogP contribution in [0, 0.1) is 0 Å². The van der Waals surface area contributed by atoms with Crippen LogP contribution in [0.1, 0.15) is 16.1 Å². The van der Waals surface area contributed by atoms with Gasteiger partial charge in [0.05, 0.1) is 19.8 Å². The first-order valence-electron chi connectivity index (χ1n) is 9.55. The highest BCUT2D eigenvalue weighted by molar-refractivity contribution is 6.02.